The van der Waals surface area contributed by atoms with Gasteiger partial charge in [-0.05, 0) is 84.1 Å². The van der Waals surface area contributed by atoms with E-state index in [1.54, 1.807) is 0 Å². The monoisotopic (exact) mass is 451 g/mol. The SMILES string of the molecule is C=C(/C=C\C(=C(/N)CCCC/C=C\C=C/C)C(O)CCC1=CC=CCC1)C/C=C\C(C)=C/C.[HH].[HH]. The molecule has 0 aromatic heterocycles. The molecule has 1 atom stereocenters. The van der Waals surface area contributed by atoms with Gasteiger partial charge in [0.05, 0.1) is 6.10 Å². The molecule has 0 saturated carbocycles. The Kier molecular flexibility index (Phi) is 15.4. The first-order valence-electron chi connectivity index (χ1n) is 12.4. The Hall–Kier alpha value is -2.58. The van der Waals surface area contributed by atoms with E-state index in [4.69, 9.17) is 5.73 Å². The van der Waals surface area contributed by atoms with Crippen molar-refractivity contribution in [2.45, 2.75) is 84.7 Å². The van der Waals surface area contributed by atoms with E-state index in [0.717, 1.165) is 68.2 Å². The van der Waals surface area contributed by atoms with Gasteiger partial charge in [-0.25, -0.2) is 0 Å². The Morgan fingerprint density at radius 3 is 2.70 bits per heavy atom. The summed E-state index contributed by atoms with van der Waals surface area (Å²) in [6.07, 6.45) is 33.1. The van der Waals surface area contributed by atoms with Gasteiger partial charge in [-0.15, -0.1) is 0 Å². The molecule has 184 valence electrons. The number of nitrogens with two attached hydrogens (primary N) is 1. The van der Waals surface area contributed by atoms with Gasteiger partial charge in [-0.2, -0.15) is 0 Å². The molecule has 33 heavy (non-hydrogen) atoms. The summed E-state index contributed by atoms with van der Waals surface area (Å²) in [4.78, 5) is 0. The Morgan fingerprint density at radius 2 is 2.00 bits per heavy atom. The molecule has 0 aromatic rings. The fourth-order valence-electron chi connectivity index (χ4n) is 3.55. The van der Waals surface area contributed by atoms with Gasteiger partial charge in [0.25, 0.3) is 0 Å². The van der Waals surface area contributed by atoms with Gasteiger partial charge in [0.2, 0.25) is 0 Å². The largest absolute Gasteiger partial charge is 0.402 e. The molecular formula is C31H49NO. The predicted molar refractivity (Wildman–Crippen MR) is 151 cm³/mol. The quantitative estimate of drug-likeness (QED) is 0.193. The van der Waals surface area contributed by atoms with Crippen LogP contribution in [0.4, 0.5) is 0 Å². The van der Waals surface area contributed by atoms with E-state index in [2.05, 4.69) is 62.1 Å². The van der Waals surface area contributed by atoms with Crippen molar-refractivity contribution in [1.29, 1.82) is 0 Å². The molecule has 0 saturated heterocycles. The molecule has 0 amide bonds. The van der Waals surface area contributed by atoms with Crippen LogP contribution in [0.25, 0.3) is 0 Å². The third-order valence-corrected chi connectivity index (χ3v) is 5.79. The zero-order chi connectivity index (χ0) is 24.3. The van der Waals surface area contributed by atoms with Crippen molar-refractivity contribution in [1.82, 2.24) is 0 Å². The molecule has 0 aliphatic heterocycles. The average Bonchev–Trinajstić information content (AvgIpc) is 2.82. The first-order valence-corrected chi connectivity index (χ1v) is 12.4. The van der Waals surface area contributed by atoms with E-state index >= 15 is 0 Å². The van der Waals surface area contributed by atoms with Crippen molar-refractivity contribution >= 4 is 0 Å². The summed E-state index contributed by atoms with van der Waals surface area (Å²) in [5, 5.41) is 11.0. The van der Waals surface area contributed by atoms with Crippen LogP contribution in [0.2, 0.25) is 0 Å². The Bertz CT molecular complexity index is 838. The molecular weight excluding hydrogens is 402 g/mol. The number of aliphatic hydroxyl groups excluding tert-OH is 1. The predicted octanol–water partition coefficient (Wildman–Crippen LogP) is 8.83. The van der Waals surface area contributed by atoms with Crippen molar-refractivity contribution in [3.63, 3.8) is 0 Å². The highest BCUT2D eigenvalue weighted by atomic mass is 16.3. The smallest absolute Gasteiger partial charge is 0.0809 e. The highest BCUT2D eigenvalue weighted by molar-refractivity contribution is 5.33. The summed E-state index contributed by atoms with van der Waals surface area (Å²) in [7, 11) is 0. The van der Waals surface area contributed by atoms with Crippen LogP contribution in [0.3, 0.4) is 0 Å². The highest BCUT2D eigenvalue weighted by Crippen LogP contribution is 2.23. The number of aliphatic hydroxyl groups is 1. The molecule has 0 bridgehead atoms. The second kappa shape index (κ2) is 17.9. The van der Waals surface area contributed by atoms with E-state index in [1.165, 1.54) is 11.1 Å². The van der Waals surface area contributed by atoms with E-state index in [0.29, 0.717) is 6.42 Å². The van der Waals surface area contributed by atoms with Gasteiger partial charge in [0.1, 0.15) is 0 Å². The van der Waals surface area contributed by atoms with Crippen molar-refractivity contribution < 1.29 is 7.96 Å². The molecule has 2 nitrogen and oxygen atoms in total. The summed E-state index contributed by atoms with van der Waals surface area (Å²) in [5.74, 6) is 0. The molecule has 0 aromatic carbocycles. The van der Waals surface area contributed by atoms with Crippen molar-refractivity contribution in [2.75, 3.05) is 0 Å². The van der Waals surface area contributed by atoms with E-state index in [-0.39, 0.29) is 2.85 Å². The molecule has 1 aliphatic rings. The number of unbranched alkanes of at least 4 members (excludes halogenated alkanes) is 2. The molecule has 0 fully saturated rings. The van der Waals surface area contributed by atoms with Crippen LogP contribution < -0.4 is 5.73 Å². The lowest BCUT2D eigenvalue weighted by Gasteiger charge is -2.17. The lowest BCUT2D eigenvalue weighted by molar-refractivity contribution is 0.202. The van der Waals surface area contributed by atoms with Crippen LogP contribution in [-0.2, 0) is 0 Å². The summed E-state index contributed by atoms with van der Waals surface area (Å²) >= 11 is 0. The first-order chi connectivity index (χ1) is 16.0. The molecule has 1 aliphatic carbocycles. The van der Waals surface area contributed by atoms with Crippen LogP contribution in [0, 0.1) is 0 Å². The minimum atomic E-state index is -0.559. The fourth-order valence-corrected chi connectivity index (χ4v) is 3.55. The zero-order valence-electron chi connectivity index (χ0n) is 21.1. The number of hydrogen-bond donors (Lipinski definition) is 2. The minimum Gasteiger partial charge on any atom is -0.402 e. The van der Waals surface area contributed by atoms with Crippen molar-refractivity contribution in [3.05, 3.63) is 107 Å². The van der Waals surface area contributed by atoms with Crippen molar-refractivity contribution in [3.8, 4) is 0 Å². The maximum absolute atomic E-state index is 11.0. The van der Waals surface area contributed by atoms with Gasteiger partial charge < -0.3 is 10.8 Å². The fraction of sp³-hybridized carbons (Fsp3) is 0.419. The Morgan fingerprint density at radius 1 is 1.18 bits per heavy atom. The van der Waals surface area contributed by atoms with Gasteiger partial charge in [-0.3, -0.25) is 0 Å². The van der Waals surface area contributed by atoms with Crippen LogP contribution in [0.5, 0.6) is 0 Å². The normalized spacial score (nSPS) is 16.8. The van der Waals surface area contributed by atoms with Gasteiger partial charge >= 0.3 is 0 Å². The molecule has 0 radical (unpaired) electrons. The molecule has 0 spiro atoms. The molecule has 1 rings (SSSR count). The number of allylic oxidation sites excluding steroid dienone is 15. The summed E-state index contributed by atoms with van der Waals surface area (Å²) in [5.41, 5.74) is 11.8. The summed E-state index contributed by atoms with van der Waals surface area (Å²) in [6, 6.07) is 0. The molecule has 2 heteroatoms. The van der Waals surface area contributed by atoms with E-state index in [9.17, 15) is 5.11 Å². The summed E-state index contributed by atoms with van der Waals surface area (Å²) < 4.78 is 0. The second-order valence-corrected chi connectivity index (χ2v) is 8.66. The maximum Gasteiger partial charge on any atom is 0.0809 e. The average molecular weight is 452 g/mol. The number of hydrogen-bond acceptors (Lipinski definition) is 2. The van der Waals surface area contributed by atoms with Gasteiger partial charge in [0.15, 0.2) is 0 Å². The lowest BCUT2D eigenvalue weighted by atomic mass is 9.94. The highest BCUT2D eigenvalue weighted by Gasteiger charge is 2.13. The number of rotatable bonds is 15. The van der Waals surface area contributed by atoms with Crippen molar-refractivity contribution in [2.24, 2.45) is 5.73 Å². The third kappa shape index (κ3) is 13.5. The van der Waals surface area contributed by atoms with E-state index in [1.807, 2.05) is 38.2 Å². The maximum atomic E-state index is 11.0. The van der Waals surface area contributed by atoms with Gasteiger partial charge in [0, 0.05) is 8.55 Å². The van der Waals surface area contributed by atoms with Crippen LogP contribution in [0.1, 0.15) is 81.4 Å². The van der Waals surface area contributed by atoms with E-state index < -0.39 is 6.10 Å². The lowest BCUT2D eigenvalue weighted by Crippen LogP contribution is -2.15. The minimum absolute atomic E-state index is 0. The molecule has 1 unspecified atom stereocenters. The first kappa shape index (κ1) is 28.5. The second-order valence-electron chi connectivity index (χ2n) is 8.66. The Labute approximate surface area is 206 Å². The van der Waals surface area contributed by atoms with Crippen LogP contribution in [0.15, 0.2) is 107 Å². The van der Waals surface area contributed by atoms with Gasteiger partial charge in [-0.1, -0.05) is 96.2 Å². The third-order valence-electron chi connectivity index (χ3n) is 5.79. The molecule has 0 heterocycles. The summed E-state index contributed by atoms with van der Waals surface area (Å²) in [6.45, 7) is 10.3. The standard InChI is InChI=1S/C31H45NO.2H2/c1-5-7-8-9-10-11-15-21-30(32)29(24-22-27(4)18-16-17-26(3)6-2)31(33)25-23-28-19-13-12-14-20-28;;/h5-9,12-13,16-17,19,22,24,31,33H,4,10-11,14-15,18,20-21,23,25,32H2,1-3H3;2*1H/b7-5-,9-8-,17-16-,24-22-,26-6-,30-29+;;. The van der Waals surface area contributed by atoms with Crippen LogP contribution in [-0.4, -0.2) is 11.2 Å². The van der Waals surface area contributed by atoms with Crippen LogP contribution >= 0.6 is 0 Å². The topological polar surface area (TPSA) is 46.2 Å². The Balaban J connectivity index is 0. The molecule has 3 N–H and O–H groups in total. The zero-order valence-corrected chi connectivity index (χ0v) is 21.1.